The summed E-state index contributed by atoms with van der Waals surface area (Å²) in [7, 11) is 0. The first-order valence-corrected chi connectivity index (χ1v) is 6.65. The minimum Gasteiger partial charge on any atom is -0.479 e. The molecule has 1 aromatic carbocycles. The lowest BCUT2D eigenvalue weighted by Crippen LogP contribution is -2.17. The molecule has 1 fully saturated rings. The molecule has 3 heteroatoms. The molecule has 0 heterocycles. The van der Waals surface area contributed by atoms with Crippen LogP contribution in [-0.4, -0.2) is 12.6 Å². The van der Waals surface area contributed by atoms with Gasteiger partial charge in [-0.25, -0.2) is 0 Å². The largest absolute Gasteiger partial charge is 0.479 e. The first-order valence-electron chi connectivity index (χ1n) is 6.65. The van der Waals surface area contributed by atoms with Gasteiger partial charge in [0.15, 0.2) is 6.61 Å². The van der Waals surface area contributed by atoms with Crippen LogP contribution < -0.4 is 10.1 Å². The van der Waals surface area contributed by atoms with Crippen molar-refractivity contribution in [1.82, 2.24) is 5.32 Å². The van der Waals surface area contributed by atoms with Crippen LogP contribution in [0.4, 0.5) is 0 Å². The van der Waals surface area contributed by atoms with Crippen LogP contribution >= 0.6 is 0 Å². The zero-order valence-corrected chi connectivity index (χ0v) is 10.9. The summed E-state index contributed by atoms with van der Waals surface area (Å²) in [6, 6.07) is 10.6. The van der Waals surface area contributed by atoms with Crippen LogP contribution in [-0.2, 0) is 6.54 Å². The monoisotopic (exact) mass is 244 g/mol. The van der Waals surface area contributed by atoms with Gasteiger partial charge in [-0.15, -0.1) is 0 Å². The second-order valence-electron chi connectivity index (χ2n) is 4.87. The maximum Gasteiger partial charge on any atom is 0.174 e. The van der Waals surface area contributed by atoms with Crippen molar-refractivity contribution in [2.45, 2.75) is 38.8 Å². The molecule has 18 heavy (non-hydrogen) atoms. The quantitative estimate of drug-likeness (QED) is 0.802. The van der Waals surface area contributed by atoms with Crippen molar-refractivity contribution in [2.75, 3.05) is 6.61 Å². The van der Waals surface area contributed by atoms with Crippen molar-refractivity contribution >= 4 is 0 Å². The molecule has 1 aliphatic rings. The highest BCUT2D eigenvalue weighted by Gasteiger charge is 2.35. The van der Waals surface area contributed by atoms with Gasteiger partial charge in [0.1, 0.15) is 11.8 Å². The molecule has 2 unspecified atom stereocenters. The number of nitriles is 1. The van der Waals surface area contributed by atoms with Gasteiger partial charge in [0.25, 0.3) is 0 Å². The zero-order chi connectivity index (χ0) is 12.8. The lowest BCUT2D eigenvalue weighted by Gasteiger charge is -2.07. The van der Waals surface area contributed by atoms with Crippen LogP contribution in [0.1, 0.15) is 31.7 Å². The van der Waals surface area contributed by atoms with Crippen LogP contribution in [0.25, 0.3) is 0 Å². The number of hydrogen-bond donors (Lipinski definition) is 1. The summed E-state index contributed by atoms with van der Waals surface area (Å²) in [5.41, 5.74) is 1.22. The molecule has 0 aliphatic heterocycles. The Morgan fingerprint density at radius 3 is 3.17 bits per heavy atom. The molecule has 1 aromatic rings. The number of benzene rings is 1. The van der Waals surface area contributed by atoms with Crippen LogP contribution in [0.15, 0.2) is 24.3 Å². The molecule has 2 atom stereocenters. The Morgan fingerprint density at radius 2 is 2.39 bits per heavy atom. The van der Waals surface area contributed by atoms with E-state index in [1.165, 1.54) is 24.8 Å². The molecule has 1 N–H and O–H groups in total. The molecule has 0 aromatic heterocycles. The van der Waals surface area contributed by atoms with Crippen LogP contribution in [0.2, 0.25) is 0 Å². The lowest BCUT2D eigenvalue weighted by atomic mass is 10.2. The van der Waals surface area contributed by atoms with Gasteiger partial charge in [0.05, 0.1) is 0 Å². The van der Waals surface area contributed by atoms with Gasteiger partial charge in [-0.2, -0.15) is 5.26 Å². The van der Waals surface area contributed by atoms with Gasteiger partial charge in [0.2, 0.25) is 0 Å². The molecule has 96 valence electrons. The molecule has 1 saturated carbocycles. The predicted molar refractivity (Wildman–Crippen MR) is 71.2 cm³/mol. The van der Waals surface area contributed by atoms with Gasteiger partial charge in [-0.05, 0) is 36.5 Å². The van der Waals surface area contributed by atoms with Crippen LogP contribution in [0.3, 0.4) is 0 Å². The van der Waals surface area contributed by atoms with Crippen molar-refractivity contribution in [2.24, 2.45) is 5.92 Å². The topological polar surface area (TPSA) is 45.0 Å². The first-order chi connectivity index (χ1) is 8.83. The maximum atomic E-state index is 8.47. The molecular formula is C15H20N2O. The van der Waals surface area contributed by atoms with Gasteiger partial charge in [-0.3, -0.25) is 0 Å². The Labute approximate surface area is 109 Å². The second kappa shape index (κ2) is 6.42. The van der Waals surface area contributed by atoms with E-state index >= 15 is 0 Å². The second-order valence-corrected chi connectivity index (χ2v) is 4.87. The van der Waals surface area contributed by atoms with Crippen LogP contribution in [0.5, 0.6) is 5.75 Å². The Kier molecular flexibility index (Phi) is 4.60. The van der Waals surface area contributed by atoms with Gasteiger partial charge < -0.3 is 10.1 Å². The zero-order valence-electron chi connectivity index (χ0n) is 10.9. The normalized spacial score (nSPS) is 21.3. The van der Waals surface area contributed by atoms with Crippen molar-refractivity contribution in [3.8, 4) is 11.8 Å². The summed E-state index contributed by atoms with van der Waals surface area (Å²) in [6.45, 7) is 3.23. The number of rotatable bonds is 7. The van der Waals surface area contributed by atoms with E-state index in [0.29, 0.717) is 6.04 Å². The third kappa shape index (κ3) is 3.75. The SMILES string of the molecule is CCCC1CC1NCc1cccc(OCC#N)c1. The van der Waals surface area contributed by atoms with Crippen LogP contribution in [0, 0.1) is 17.2 Å². The minimum atomic E-state index is 0.109. The van der Waals surface area contributed by atoms with E-state index in [1.54, 1.807) is 0 Å². The fourth-order valence-electron chi connectivity index (χ4n) is 2.30. The molecule has 3 nitrogen and oxygen atoms in total. The van der Waals surface area contributed by atoms with E-state index in [4.69, 9.17) is 10.00 Å². The Bertz CT molecular complexity index is 425. The molecule has 0 radical (unpaired) electrons. The molecule has 0 bridgehead atoms. The summed E-state index contributed by atoms with van der Waals surface area (Å²) in [5, 5.41) is 12.0. The Hall–Kier alpha value is -1.53. The fourth-order valence-corrected chi connectivity index (χ4v) is 2.30. The predicted octanol–water partition coefficient (Wildman–Crippen LogP) is 2.87. The Balaban J connectivity index is 1.77. The molecular weight excluding hydrogens is 224 g/mol. The number of nitrogens with zero attached hydrogens (tertiary/aromatic N) is 1. The molecule has 0 saturated heterocycles. The van der Waals surface area contributed by atoms with Crippen molar-refractivity contribution in [3.05, 3.63) is 29.8 Å². The third-order valence-corrected chi connectivity index (χ3v) is 3.35. The average molecular weight is 244 g/mol. The van der Waals surface area contributed by atoms with Gasteiger partial charge in [0, 0.05) is 12.6 Å². The van der Waals surface area contributed by atoms with E-state index in [1.807, 2.05) is 24.3 Å². The molecule has 2 rings (SSSR count). The number of ether oxygens (including phenoxy) is 1. The minimum absolute atomic E-state index is 0.109. The molecule has 1 aliphatic carbocycles. The van der Waals surface area contributed by atoms with E-state index in [-0.39, 0.29) is 6.61 Å². The van der Waals surface area contributed by atoms with E-state index in [0.717, 1.165) is 18.2 Å². The van der Waals surface area contributed by atoms with E-state index < -0.39 is 0 Å². The van der Waals surface area contributed by atoms with E-state index in [9.17, 15) is 0 Å². The number of hydrogen-bond acceptors (Lipinski definition) is 3. The fraction of sp³-hybridized carbons (Fsp3) is 0.533. The summed E-state index contributed by atoms with van der Waals surface area (Å²) < 4.78 is 5.29. The summed E-state index contributed by atoms with van der Waals surface area (Å²) in [4.78, 5) is 0. The average Bonchev–Trinajstić information content (AvgIpc) is 3.13. The number of nitrogens with one attached hydrogen (secondary N) is 1. The smallest absolute Gasteiger partial charge is 0.174 e. The highest BCUT2D eigenvalue weighted by molar-refractivity contribution is 5.28. The summed E-state index contributed by atoms with van der Waals surface area (Å²) in [6.07, 6.45) is 3.93. The van der Waals surface area contributed by atoms with Crippen molar-refractivity contribution < 1.29 is 4.74 Å². The first kappa shape index (κ1) is 12.9. The van der Waals surface area contributed by atoms with Crippen molar-refractivity contribution in [3.63, 3.8) is 0 Å². The Morgan fingerprint density at radius 1 is 1.50 bits per heavy atom. The maximum absolute atomic E-state index is 8.47. The standard InChI is InChI=1S/C15H20N2O/c1-2-4-13-10-15(13)17-11-12-5-3-6-14(9-12)18-8-7-16/h3,5-6,9,13,15,17H,2,4,8,10-11H2,1H3. The highest BCUT2D eigenvalue weighted by Crippen LogP contribution is 2.34. The van der Waals surface area contributed by atoms with Crippen molar-refractivity contribution in [1.29, 1.82) is 5.26 Å². The summed E-state index contributed by atoms with van der Waals surface area (Å²) >= 11 is 0. The molecule has 0 spiro atoms. The summed E-state index contributed by atoms with van der Waals surface area (Å²) in [5.74, 6) is 1.66. The third-order valence-electron chi connectivity index (χ3n) is 3.35. The van der Waals surface area contributed by atoms with Gasteiger partial charge >= 0.3 is 0 Å². The highest BCUT2D eigenvalue weighted by atomic mass is 16.5. The van der Waals surface area contributed by atoms with Gasteiger partial charge in [-0.1, -0.05) is 25.5 Å². The lowest BCUT2D eigenvalue weighted by molar-refractivity contribution is 0.367. The van der Waals surface area contributed by atoms with E-state index in [2.05, 4.69) is 18.3 Å². The molecule has 0 amide bonds.